The molecule has 2 N–H and O–H groups in total. The van der Waals surface area contributed by atoms with Gasteiger partial charge < -0.3 is 10.2 Å². The Labute approximate surface area is 188 Å². The second kappa shape index (κ2) is 7.24. The average molecular weight is 429 g/mol. The molecule has 164 valence electrons. The van der Waals surface area contributed by atoms with Crippen molar-refractivity contribution in [1.82, 2.24) is 0 Å². The maximum atomic E-state index is 11.5. The van der Waals surface area contributed by atoms with Crippen LogP contribution < -0.4 is 0 Å². The molecule has 6 rings (SSSR count). The van der Waals surface area contributed by atoms with E-state index in [4.69, 9.17) is 0 Å². The van der Waals surface area contributed by atoms with E-state index in [9.17, 15) is 19.8 Å². The minimum atomic E-state index is -1.12. The highest BCUT2D eigenvalue weighted by Crippen LogP contribution is 2.70. The Morgan fingerprint density at radius 2 is 1.44 bits per heavy atom. The predicted octanol–water partition coefficient (Wildman–Crippen LogP) is 5.80. The zero-order chi connectivity index (χ0) is 22.7. The number of carboxylic acids is 2. The maximum Gasteiger partial charge on any atom is 0.336 e. The molecule has 0 spiro atoms. The van der Waals surface area contributed by atoms with Crippen LogP contribution in [0.1, 0.15) is 89.3 Å². The largest absolute Gasteiger partial charge is 0.478 e. The Morgan fingerprint density at radius 1 is 0.844 bits per heavy atom. The average Bonchev–Trinajstić information content (AvgIpc) is 2.70. The van der Waals surface area contributed by atoms with Crippen molar-refractivity contribution in [1.29, 1.82) is 0 Å². The van der Waals surface area contributed by atoms with Crippen LogP contribution in [0.3, 0.4) is 0 Å². The summed E-state index contributed by atoms with van der Waals surface area (Å²) in [5.74, 6) is 6.03. The summed E-state index contributed by atoms with van der Waals surface area (Å²) < 4.78 is 0. The summed E-state index contributed by atoms with van der Waals surface area (Å²) in [6.45, 7) is 4.98. The van der Waals surface area contributed by atoms with Crippen LogP contribution in [-0.2, 0) is 0 Å². The molecule has 4 bridgehead atoms. The Balaban J connectivity index is 1.44. The quantitative estimate of drug-likeness (QED) is 0.606. The minimum absolute atomic E-state index is 0.00793. The molecule has 4 nitrogen and oxygen atoms in total. The molecule has 32 heavy (non-hydrogen) atoms. The summed E-state index contributed by atoms with van der Waals surface area (Å²) in [4.78, 5) is 22.8. The minimum Gasteiger partial charge on any atom is -0.478 e. The third kappa shape index (κ3) is 3.41. The normalized spacial score (nSPS) is 32.2. The van der Waals surface area contributed by atoms with Crippen LogP contribution in [0.5, 0.6) is 0 Å². The standard InChI is InChI=1S/C28H28O4/c1-27-13-18-11-19(14-27)16-28(2,15-18)24(27)20-6-3-17(4-7-20)5-8-21-12-22(25(29)30)9-10-23(21)26(31)32/h3-4,6-7,9-10,12,18-19,24H,11,13-16H2,1-2H3,(H,29,30)(H,31,32). The van der Waals surface area contributed by atoms with Gasteiger partial charge in [0.15, 0.2) is 0 Å². The molecule has 4 saturated carbocycles. The Bertz CT molecular complexity index is 1130. The monoisotopic (exact) mass is 428 g/mol. The molecule has 0 saturated heterocycles. The molecule has 2 aromatic carbocycles. The van der Waals surface area contributed by atoms with E-state index in [1.807, 2.05) is 12.1 Å². The highest BCUT2D eigenvalue weighted by molar-refractivity contribution is 5.94. The van der Waals surface area contributed by atoms with Gasteiger partial charge >= 0.3 is 11.9 Å². The van der Waals surface area contributed by atoms with Gasteiger partial charge in [0.05, 0.1) is 11.1 Å². The summed E-state index contributed by atoms with van der Waals surface area (Å²) in [5, 5.41) is 18.6. The lowest BCUT2D eigenvalue weighted by atomic mass is 9.39. The zero-order valence-corrected chi connectivity index (χ0v) is 18.5. The summed E-state index contributed by atoms with van der Waals surface area (Å²) in [6, 6.07) is 12.3. The molecule has 4 heteroatoms. The zero-order valence-electron chi connectivity index (χ0n) is 18.5. The fourth-order valence-corrected chi connectivity index (χ4v) is 7.74. The van der Waals surface area contributed by atoms with E-state index in [1.165, 1.54) is 55.9 Å². The molecule has 0 radical (unpaired) electrons. The van der Waals surface area contributed by atoms with Gasteiger partial charge in [-0.15, -0.1) is 0 Å². The van der Waals surface area contributed by atoms with Crippen LogP contribution in [-0.4, -0.2) is 22.2 Å². The third-order valence-corrected chi connectivity index (χ3v) is 8.16. The first kappa shape index (κ1) is 20.8. The first-order chi connectivity index (χ1) is 15.2. The van der Waals surface area contributed by atoms with Gasteiger partial charge in [0.1, 0.15) is 0 Å². The first-order valence-electron chi connectivity index (χ1n) is 11.4. The summed E-state index contributed by atoms with van der Waals surface area (Å²) in [7, 11) is 0. The summed E-state index contributed by atoms with van der Waals surface area (Å²) >= 11 is 0. The Hall–Kier alpha value is -3.06. The molecule has 0 unspecified atom stereocenters. The lowest BCUT2D eigenvalue weighted by molar-refractivity contribution is -0.116. The molecule has 0 atom stereocenters. The van der Waals surface area contributed by atoms with Crippen LogP contribution in [0.25, 0.3) is 0 Å². The fraction of sp³-hybridized carbons (Fsp3) is 0.429. The van der Waals surface area contributed by atoms with Crippen molar-refractivity contribution in [3.05, 3.63) is 70.3 Å². The van der Waals surface area contributed by atoms with Crippen molar-refractivity contribution in [2.24, 2.45) is 22.7 Å². The van der Waals surface area contributed by atoms with Gasteiger partial charge in [-0.25, -0.2) is 9.59 Å². The molecule has 0 amide bonds. The number of aromatic carboxylic acids is 2. The maximum absolute atomic E-state index is 11.5. The number of hydrogen-bond acceptors (Lipinski definition) is 2. The Kier molecular flexibility index (Phi) is 4.71. The molecule has 4 fully saturated rings. The third-order valence-electron chi connectivity index (χ3n) is 8.16. The topological polar surface area (TPSA) is 74.6 Å². The molecule has 0 aromatic heterocycles. The van der Waals surface area contributed by atoms with Crippen molar-refractivity contribution < 1.29 is 19.8 Å². The van der Waals surface area contributed by atoms with Gasteiger partial charge in [-0.1, -0.05) is 37.8 Å². The smallest absolute Gasteiger partial charge is 0.336 e. The second-order valence-corrected chi connectivity index (χ2v) is 10.8. The molecular formula is C28H28O4. The molecule has 2 aromatic rings. The molecule has 4 aliphatic carbocycles. The lowest BCUT2D eigenvalue weighted by Gasteiger charge is -2.65. The number of carbonyl (C=O) groups is 2. The SMILES string of the molecule is CC12CC3CC(C1)CC(C)(C3)C2c1ccc(C#Cc2cc(C(=O)O)ccc2C(=O)O)cc1. The van der Waals surface area contributed by atoms with Gasteiger partial charge in [0.2, 0.25) is 0 Å². The second-order valence-electron chi connectivity index (χ2n) is 10.8. The van der Waals surface area contributed by atoms with Gasteiger partial charge in [-0.05, 0) is 96.6 Å². The first-order valence-corrected chi connectivity index (χ1v) is 11.4. The molecule has 0 heterocycles. The van der Waals surface area contributed by atoms with E-state index >= 15 is 0 Å². The van der Waals surface area contributed by atoms with Crippen molar-refractivity contribution in [3.8, 4) is 11.8 Å². The van der Waals surface area contributed by atoms with Crippen LogP contribution in [0.15, 0.2) is 42.5 Å². The lowest BCUT2D eigenvalue weighted by Crippen LogP contribution is -2.54. The van der Waals surface area contributed by atoms with Crippen molar-refractivity contribution in [2.75, 3.05) is 0 Å². The highest BCUT2D eigenvalue weighted by Gasteiger charge is 2.60. The van der Waals surface area contributed by atoms with Gasteiger partial charge in [0, 0.05) is 11.1 Å². The van der Waals surface area contributed by atoms with E-state index < -0.39 is 11.9 Å². The molecular weight excluding hydrogens is 400 g/mol. The van der Waals surface area contributed by atoms with Gasteiger partial charge in [-0.3, -0.25) is 0 Å². The van der Waals surface area contributed by atoms with Crippen LogP contribution >= 0.6 is 0 Å². The van der Waals surface area contributed by atoms with E-state index in [0.29, 0.717) is 16.7 Å². The van der Waals surface area contributed by atoms with Crippen LogP contribution in [0, 0.1) is 34.5 Å². The van der Waals surface area contributed by atoms with Crippen LogP contribution in [0.2, 0.25) is 0 Å². The van der Waals surface area contributed by atoms with Gasteiger partial charge in [-0.2, -0.15) is 0 Å². The summed E-state index contributed by atoms with van der Waals surface area (Å²) in [5.41, 5.74) is 3.18. The predicted molar refractivity (Wildman–Crippen MR) is 122 cm³/mol. The van der Waals surface area contributed by atoms with E-state index in [0.717, 1.165) is 17.4 Å². The molecule has 4 aliphatic rings. The Morgan fingerprint density at radius 3 is 1.97 bits per heavy atom. The number of benzene rings is 2. The van der Waals surface area contributed by atoms with E-state index in [-0.39, 0.29) is 16.7 Å². The van der Waals surface area contributed by atoms with Crippen molar-refractivity contribution in [3.63, 3.8) is 0 Å². The van der Waals surface area contributed by atoms with Gasteiger partial charge in [0.25, 0.3) is 0 Å². The van der Waals surface area contributed by atoms with E-state index in [2.05, 4.69) is 37.8 Å². The number of carboxylic acid groups (broad SMARTS) is 2. The van der Waals surface area contributed by atoms with Crippen molar-refractivity contribution in [2.45, 2.75) is 51.9 Å². The number of rotatable bonds is 3. The summed E-state index contributed by atoms with van der Waals surface area (Å²) in [6.07, 6.45) is 6.77. The fourth-order valence-electron chi connectivity index (χ4n) is 7.74. The number of hydrogen-bond donors (Lipinski definition) is 2. The van der Waals surface area contributed by atoms with E-state index in [1.54, 1.807) is 0 Å². The highest BCUT2D eigenvalue weighted by atomic mass is 16.4. The molecule has 0 aliphatic heterocycles. The van der Waals surface area contributed by atoms with Crippen molar-refractivity contribution >= 4 is 11.9 Å². The van der Waals surface area contributed by atoms with Crippen LogP contribution in [0.4, 0.5) is 0 Å².